The summed E-state index contributed by atoms with van der Waals surface area (Å²) in [5.74, 6) is 2.46. The second-order valence-corrected chi connectivity index (χ2v) is 7.64. The number of piperazine rings is 1. The lowest BCUT2D eigenvalue weighted by Crippen LogP contribution is -2.48. The molecule has 4 rings (SSSR count). The Hall–Kier alpha value is -3.67. The van der Waals surface area contributed by atoms with Gasteiger partial charge in [-0.05, 0) is 66.2 Å². The first-order valence-corrected chi connectivity index (χ1v) is 10.7. The minimum atomic E-state index is 0.0608. The smallest absolute Gasteiger partial charge is 0.253 e. The van der Waals surface area contributed by atoms with Crippen LogP contribution in [0.5, 0.6) is 17.2 Å². The van der Waals surface area contributed by atoms with Gasteiger partial charge in [0.2, 0.25) is 0 Å². The van der Waals surface area contributed by atoms with Crippen LogP contribution in [0.3, 0.4) is 0 Å². The summed E-state index contributed by atoms with van der Waals surface area (Å²) in [6, 6.07) is 23.2. The van der Waals surface area contributed by atoms with Crippen molar-refractivity contribution in [1.29, 1.82) is 0 Å². The number of rotatable bonds is 7. The molecule has 0 unspecified atom stereocenters. The van der Waals surface area contributed by atoms with Gasteiger partial charge in [0.15, 0.2) is 0 Å². The standard InChI is InChI=1S/C26H28N2O4/c1-30-23-8-6-22(7-9-23)27-14-16-28(17-15-27)26(29)21-5-3-4-20(18-21)19-32-25-12-10-24(31-2)11-13-25/h3-13,18H,14-17,19H2,1-2H3. The van der Waals surface area contributed by atoms with Gasteiger partial charge in [-0.3, -0.25) is 4.79 Å². The number of hydrogen-bond acceptors (Lipinski definition) is 5. The Balaban J connectivity index is 1.33. The Morgan fingerprint density at radius 1 is 0.781 bits per heavy atom. The zero-order chi connectivity index (χ0) is 22.3. The number of carbonyl (C=O) groups excluding carboxylic acids is 1. The van der Waals surface area contributed by atoms with Crippen molar-refractivity contribution in [1.82, 2.24) is 4.90 Å². The van der Waals surface area contributed by atoms with Crippen molar-refractivity contribution in [2.24, 2.45) is 0 Å². The van der Waals surface area contributed by atoms with E-state index in [0.29, 0.717) is 25.3 Å². The van der Waals surface area contributed by atoms with Crippen LogP contribution in [0.4, 0.5) is 5.69 Å². The van der Waals surface area contributed by atoms with Crippen molar-refractivity contribution >= 4 is 11.6 Å². The van der Waals surface area contributed by atoms with Crippen LogP contribution in [0.1, 0.15) is 15.9 Å². The SMILES string of the molecule is COc1ccc(OCc2cccc(C(=O)N3CCN(c4ccc(OC)cc4)CC3)c2)cc1. The Labute approximate surface area is 188 Å². The van der Waals surface area contributed by atoms with Gasteiger partial charge < -0.3 is 24.0 Å². The molecule has 6 heteroatoms. The van der Waals surface area contributed by atoms with Gasteiger partial charge >= 0.3 is 0 Å². The van der Waals surface area contributed by atoms with Gasteiger partial charge in [-0.1, -0.05) is 12.1 Å². The van der Waals surface area contributed by atoms with Gasteiger partial charge in [0.25, 0.3) is 5.91 Å². The third-order valence-electron chi connectivity index (χ3n) is 5.64. The molecule has 6 nitrogen and oxygen atoms in total. The third kappa shape index (κ3) is 5.14. The second-order valence-electron chi connectivity index (χ2n) is 7.64. The largest absolute Gasteiger partial charge is 0.497 e. The number of benzene rings is 3. The number of ether oxygens (including phenoxy) is 3. The van der Waals surface area contributed by atoms with Crippen LogP contribution >= 0.6 is 0 Å². The molecule has 3 aromatic carbocycles. The number of nitrogens with zero attached hydrogens (tertiary/aromatic N) is 2. The van der Waals surface area contributed by atoms with E-state index in [2.05, 4.69) is 17.0 Å². The van der Waals surface area contributed by atoms with Crippen molar-refractivity contribution in [3.63, 3.8) is 0 Å². The molecule has 166 valence electrons. The molecule has 0 N–H and O–H groups in total. The number of amides is 1. The quantitative estimate of drug-likeness (QED) is 0.559. The molecule has 1 aliphatic heterocycles. The lowest BCUT2D eigenvalue weighted by molar-refractivity contribution is 0.0746. The molecule has 32 heavy (non-hydrogen) atoms. The van der Waals surface area contributed by atoms with Gasteiger partial charge in [-0.2, -0.15) is 0 Å². The van der Waals surface area contributed by atoms with Crippen molar-refractivity contribution in [3.8, 4) is 17.2 Å². The molecule has 0 saturated carbocycles. The van der Waals surface area contributed by atoms with Gasteiger partial charge in [0.05, 0.1) is 14.2 Å². The monoisotopic (exact) mass is 432 g/mol. The fraction of sp³-hybridized carbons (Fsp3) is 0.269. The zero-order valence-electron chi connectivity index (χ0n) is 18.5. The van der Waals surface area contributed by atoms with E-state index in [0.717, 1.165) is 41.6 Å². The molecule has 1 saturated heterocycles. The lowest BCUT2D eigenvalue weighted by atomic mass is 10.1. The van der Waals surface area contributed by atoms with E-state index in [-0.39, 0.29) is 5.91 Å². The highest BCUT2D eigenvalue weighted by Gasteiger charge is 2.22. The van der Waals surface area contributed by atoms with Crippen LogP contribution < -0.4 is 19.1 Å². The van der Waals surface area contributed by atoms with E-state index in [9.17, 15) is 4.79 Å². The zero-order valence-corrected chi connectivity index (χ0v) is 18.5. The molecular formula is C26H28N2O4. The topological polar surface area (TPSA) is 51.2 Å². The summed E-state index contributed by atoms with van der Waals surface area (Å²) >= 11 is 0. The first kappa shape index (κ1) is 21.6. The van der Waals surface area contributed by atoms with E-state index in [1.54, 1.807) is 14.2 Å². The Bertz CT molecular complexity index is 1030. The molecule has 0 bridgehead atoms. The van der Waals surface area contributed by atoms with E-state index < -0.39 is 0 Å². The number of carbonyl (C=O) groups is 1. The molecule has 0 radical (unpaired) electrons. The summed E-state index contributed by atoms with van der Waals surface area (Å²) in [5.41, 5.74) is 2.80. The van der Waals surface area contributed by atoms with Gasteiger partial charge in [-0.15, -0.1) is 0 Å². The number of hydrogen-bond donors (Lipinski definition) is 0. The average Bonchev–Trinajstić information content (AvgIpc) is 2.87. The van der Waals surface area contributed by atoms with Crippen LogP contribution in [0.15, 0.2) is 72.8 Å². The molecule has 1 amide bonds. The van der Waals surface area contributed by atoms with E-state index in [1.165, 1.54) is 0 Å². The summed E-state index contributed by atoms with van der Waals surface area (Å²) in [4.78, 5) is 17.3. The molecule has 3 aromatic rings. The maximum atomic E-state index is 13.1. The highest BCUT2D eigenvalue weighted by Crippen LogP contribution is 2.22. The molecule has 0 spiro atoms. The van der Waals surface area contributed by atoms with E-state index in [1.807, 2.05) is 65.6 Å². The third-order valence-corrected chi connectivity index (χ3v) is 5.64. The minimum Gasteiger partial charge on any atom is -0.497 e. The maximum absolute atomic E-state index is 13.1. The summed E-state index contributed by atoms with van der Waals surface area (Å²) in [7, 11) is 3.30. The Kier molecular flexibility index (Phi) is 6.80. The highest BCUT2D eigenvalue weighted by atomic mass is 16.5. The van der Waals surface area contributed by atoms with Crippen LogP contribution in [0, 0.1) is 0 Å². The summed E-state index contributed by atoms with van der Waals surface area (Å²) in [6.07, 6.45) is 0. The molecule has 1 fully saturated rings. The molecule has 0 aromatic heterocycles. The molecule has 1 aliphatic rings. The normalized spacial score (nSPS) is 13.6. The predicted molar refractivity (Wildman–Crippen MR) is 125 cm³/mol. The summed E-state index contributed by atoms with van der Waals surface area (Å²) < 4.78 is 16.3. The van der Waals surface area contributed by atoms with Gasteiger partial charge in [0.1, 0.15) is 23.9 Å². The predicted octanol–water partition coefficient (Wildman–Crippen LogP) is 4.25. The van der Waals surface area contributed by atoms with E-state index in [4.69, 9.17) is 14.2 Å². The van der Waals surface area contributed by atoms with Crippen LogP contribution in [0.2, 0.25) is 0 Å². The summed E-state index contributed by atoms with van der Waals surface area (Å²) in [6.45, 7) is 3.39. The molecular weight excluding hydrogens is 404 g/mol. The molecule has 0 aliphatic carbocycles. The first-order valence-electron chi connectivity index (χ1n) is 10.7. The number of anilines is 1. The Morgan fingerprint density at radius 3 is 2.00 bits per heavy atom. The first-order chi connectivity index (χ1) is 15.7. The molecule has 0 atom stereocenters. The second kappa shape index (κ2) is 10.1. The van der Waals surface area contributed by atoms with Crippen molar-refractivity contribution in [2.45, 2.75) is 6.61 Å². The number of methoxy groups -OCH3 is 2. The minimum absolute atomic E-state index is 0.0608. The van der Waals surface area contributed by atoms with Crippen LogP contribution in [-0.4, -0.2) is 51.2 Å². The van der Waals surface area contributed by atoms with Crippen LogP contribution in [-0.2, 0) is 6.61 Å². The fourth-order valence-electron chi connectivity index (χ4n) is 3.78. The van der Waals surface area contributed by atoms with Gasteiger partial charge in [0, 0.05) is 37.4 Å². The molecule has 1 heterocycles. The van der Waals surface area contributed by atoms with Crippen LogP contribution in [0.25, 0.3) is 0 Å². The lowest BCUT2D eigenvalue weighted by Gasteiger charge is -2.36. The highest BCUT2D eigenvalue weighted by molar-refractivity contribution is 5.94. The average molecular weight is 433 g/mol. The Morgan fingerprint density at radius 2 is 1.38 bits per heavy atom. The van der Waals surface area contributed by atoms with Crippen molar-refractivity contribution in [2.75, 3.05) is 45.3 Å². The van der Waals surface area contributed by atoms with Gasteiger partial charge in [-0.25, -0.2) is 0 Å². The maximum Gasteiger partial charge on any atom is 0.253 e. The summed E-state index contributed by atoms with van der Waals surface area (Å²) in [5, 5.41) is 0. The van der Waals surface area contributed by atoms with Crippen molar-refractivity contribution in [3.05, 3.63) is 83.9 Å². The van der Waals surface area contributed by atoms with Crippen molar-refractivity contribution < 1.29 is 19.0 Å². The van der Waals surface area contributed by atoms with E-state index >= 15 is 0 Å². The fourth-order valence-corrected chi connectivity index (χ4v) is 3.78.